The first kappa shape index (κ1) is 13.5. The van der Waals surface area contributed by atoms with Gasteiger partial charge in [0, 0.05) is 17.1 Å². The van der Waals surface area contributed by atoms with Crippen molar-refractivity contribution in [3.8, 4) is 0 Å². The van der Waals surface area contributed by atoms with E-state index in [-0.39, 0.29) is 17.1 Å². The van der Waals surface area contributed by atoms with Crippen LogP contribution in [0.5, 0.6) is 0 Å². The van der Waals surface area contributed by atoms with Crippen LogP contribution in [0.15, 0.2) is 0 Å². The van der Waals surface area contributed by atoms with Crippen LogP contribution in [-0.4, -0.2) is 0 Å². The molecule has 0 aromatic heterocycles. The zero-order valence-electron chi connectivity index (χ0n) is 8.00. The van der Waals surface area contributed by atoms with Gasteiger partial charge in [-0.1, -0.05) is 13.8 Å². The summed E-state index contributed by atoms with van der Waals surface area (Å²) < 4.78 is 0. The summed E-state index contributed by atoms with van der Waals surface area (Å²) in [5, 5.41) is 0. The Kier molecular flexibility index (Phi) is 8.20. The second-order valence-electron chi connectivity index (χ2n) is 2.92. The molecule has 0 aliphatic heterocycles. The SMILES string of the molecule is C[C]1[CH][CH][CH][CH]1.C[C]1[CH][CH][CH][CH]1.[Mn]. The second-order valence-corrected chi connectivity index (χ2v) is 2.92. The van der Waals surface area contributed by atoms with Gasteiger partial charge < -0.3 is 0 Å². The molecule has 0 amide bonds. The normalized spacial score (nSPS) is 23.5. The van der Waals surface area contributed by atoms with Gasteiger partial charge in [-0.2, -0.15) is 0 Å². The van der Waals surface area contributed by atoms with Crippen molar-refractivity contribution >= 4 is 0 Å². The summed E-state index contributed by atoms with van der Waals surface area (Å²) in [6.45, 7) is 4.17. The van der Waals surface area contributed by atoms with Gasteiger partial charge in [0.25, 0.3) is 0 Å². The number of rotatable bonds is 0. The molecule has 0 unspecified atom stereocenters. The first-order valence-electron chi connectivity index (χ1n) is 4.15. The smallest absolute Gasteiger partial charge is 0 e. The number of hydrogen-bond donors (Lipinski definition) is 0. The summed E-state index contributed by atoms with van der Waals surface area (Å²) >= 11 is 0. The summed E-state index contributed by atoms with van der Waals surface area (Å²) in [4.78, 5) is 0. The van der Waals surface area contributed by atoms with Gasteiger partial charge in [0.15, 0.2) is 0 Å². The Morgan fingerprint density at radius 3 is 0.923 bits per heavy atom. The third kappa shape index (κ3) is 6.57. The van der Waals surface area contributed by atoms with Crippen LogP contribution >= 0.6 is 0 Å². The van der Waals surface area contributed by atoms with E-state index in [1.165, 1.54) is 11.8 Å². The van der Waals surface area contributed by atoms with Crippen LogP contribution in [0.1, 0.15) is 13.8 Å². The van der Waals surface area contributed by atoms with Gasteiger partial charge >= 0.3 is 0 Å². The van der Waals surface area contributed by atoms with Crippen LogP contribution in [0.2, 0.25) is 0 Å². The molecule has 2 aliphatic carbocycles. The molecule has 0 aromatic rings. The quantitative estimate of drug-likeness (QED) is 0.543. The Morgan fingerprint density at radius 1 is 0.615 bits per heavy atom. The van der Waals surface area contributed by atoms with E-state index in [0.29, 0.717) is 0 Å². The maximum Gasteiger partial charge on any atom is 0 e. The third-order valence-corrected chi connectivity index (χ3v) is 1.66. The van der Waals surface area contributed by atoms with E-state index in [9.17, 15) is 0 Å². The van der Waals surface area contributed by atoms with Crippen molar-refractivity contribution in [3.63, 3.8) is 0 Å². The minimum Gasteiger partial charge on any atom is -0.0585 e. The molecule has 13 heavy (non-hydrogen) atoms. The van der Waals surface area contributed by atoms with Gasteiger partial charge in [-0.3, -0.25) is 0 Å². The molecule has 2 rings (SSSR count). The molecule has 2 saturated carbocycles. The maximum atomic E-state index is 2.08. The van der Waals surface area contributed by atoms with Gasteiger partial charge in [0.05, 0.1) is 0 Å². The Hall–Kier alpha value is 0.519. The van der Waals surface area contributed by atoms with E-state index >= 15 is 0 Å². The van der Waals surface area contributed by atoms with E-state index in [0.717, 1.165) is 0 Å². The van der Waals surface area contributed by atoms with Crippen molar-refractivity contribution in [1.29, 1.82) is 0 Å². The van der Waals surface area contributed by atoms with Crippen LogP contribution in [0.3, 0.4) is 0 Å². The first-order valence-corrected chi connectivity index (χ1v) is 4.15. The van der Waals surface area contributed by atoms with Crippen LogP contribution in [0, 0.1) is 63.2 Å². The molecule has 0 N–H and O–H groups in total. The van der Waals surface area contributed by atoms with Crippen molar-refractivity contribution in [1.82, 2.24) is 0 Å². The molecule has 0 aromatic carbocycles. The third-order valence-electron chi connectivity index (χ3n) is 1.66. The Morgan fingerprint density at radius 2 is 0.846 bits per heavy atom. The van der Waals surface area contributed by atoms with Crippen molar-refractivity contribution < 1.29 is 17.1 Å². The summed E-state index contributed by atoms with van der Waals surface area (Å²) in [6, 6.07) is 0. The zero-order valence-corrected chi connectivity index (χ0v) is 9.18. The average molecular weight is 213 g/mol. The Labute approximate surface area is 94.3 Å². The van der Waals surface area contributed by atoms with Gasteiger partial charge in [-0.15, -0.1) is 0 Å². The molecule has 11 radical (unpaired) electrons. The monoisotopic (exact) mass is 213 g/mol. The Balaban J connectivity index is 0.000000206. The summed E-state index contributed by atoms with van der Waals surface area (Å²) in [6.07, 6.45) is 16.5. The van der Waals surface area contributed by atoms with Crippen molar-refractivity contribution in [2.75, 3.05) is 0 Å². The maximum absolute atomic E-state index is 2.08. The fourth-order valence-corrected chi connectivity index (χ4v) is 0.940. The van der Waals surface area contributed by atoms with E-state index in [1.54, 1.807) is 0 Å². The van der Waals surface area contributed by atoms with E-state index in [4.69, 9.17) is 0 Å². The van der Waals surface area contributed by atoms with Crippen molar-refractivity contribution in [3.05, 3.63) is 63.2 Å². The van der Waals surface area contributed by atoms with Crippen LogP contribution < -0.4 is 0 Å². The standard InChI is InChI=1S/2C6H7.Mn/c2*1-6-4-2-3-5-6;/h2*2-5H,1H3;. The average Bonchev–Trinajstić information content (AvgIpc) is 2.63. The molecule has 0 bridgehead atoms. The molecule has 0 nitrogen and oxygen atoms in total. The predicted octanol–water partition coefficient (Wildman–Crippen LogP) is 2.82. The molecule has 0 saturated heterocycles. The van der Waals surface area contributed by atoms with Gasteiger partial charge in [-0.25, -0.2) is 0 Å². The largest absolute Gasteiger partial charge is 0.0585 e. The minimum absolute atomic E-state index is 0. The molecule has 69 valence electrons. The molecule has 1 heteroatoms. The molecule has 0 spiro atoms. The molecular weight excluding hydrogens is 199 g/mol. The second kappa shape index (κ2) is 7.88. The summed E-state index contributed by atoms with van der Waals surface area (Å²) in [5.74, 6) is 2.69. The molecular formula is C12H14Mn. The minimum atomic E-state index is 0. The predicted molar refractivity (Wildman–Crippen MR) is 52.2 cm³/mol. The van der Waals surface area contributed by atoms with Gasteiger partial charge in [-0.05, 0) is 63.2 Å². The first-order chi connectivity index (χ1) is 5.79. The van der Waals surface area contributed by atoms with Crippen molar-refractivity contribution in [2.45, 2.75) is 13.8 Å². The molecule has 0 heterocycles. The van der Waals surface area contributed by atoms with E-state index < -0.39 is 0 Å². The fraction of sp³-hybridized carbons (Fsp3) is 0.167. The molecule has 2 aliphatic rings. The molecule has 2 fully saturated rings. The zero-order chi connectivity index (χ0) is 8.81. The number of hydrogen-bond acceptors (Lipinski definition) is 0. The van der Waals surface area contributed by atoms with E-state index in [2.05, 4.69) is 39.5 Å². The van der Waals surface area contributed by atoms with Gasteiger partial charge in [0.2, 0.25) is 0 Å². The summed E-state index contributed by atoms with van der Waals surface area (Å²) in [5.41, 5.74) is 0. The van der Waals surface area contributed by atoms with Crippen LogP contribution in [0.4, 0.5) is 0 Å². The molecule has 0 atom stereocenters. The van der Waals surface area contributed by atoms with Gasteiger partial charge in [0.1, 0.15) is 0 Å². The topological polar surface area (TPSA) is 0 Å². The van der Waals surface area contributed by atoms with E-state index in [1.807, 2.05) is 25.7 Å². The van der Waals surface area contributed by atoms with Crippen LogP contribution in [0.25, 0.3) is 0 Å². The van der Waals surface area contributed by atoms with Crippen LogP contribution in [-0.2, 0) is 17.1 Å². The van der Waals surface area contributed by atoms with Crippen molar-refractivity contribution in [2.24, 2.45) is 0 Å². The summed E-state index contributed by atoms with van der Waals surface area (Å²) in [7, 11) is 0. The fourth-order valence-electron chi connectivity index (χ4n) is 0.940. The Bertz CT molecular complexity index is 85.7.